The predicted molar refractivity (Wildman–Crippen MR) is 94.8 cm³/mol. The van der Waals surface area contributed by atoms with Crippen LogP contribution in [0.5, 0.6) is 0 Å². The smallest absolute Gasteiger partial charge is 0.00967 e. The Bertz CT molecular complexity index is 375. The number of rotatable bonds is 10. The van der Waals surface area contributed by atoms with Crippen LogP contribution in [-0.4, -0.2) is 12.1 Å². The molecule has 1 aromatic carbocycles. The number of hydrogen-bond acceptors (Lipinski definition) is 1. The highest BCUT2D eigenvalue weighted by Crippen LogP contribution is 2.23. The molecule has 0 aliphatic heterocycles. The summed E-state index contributed by atoms with van der Waals surface area (Å²) in [6, 6.07) is 11.0. The Morgan fingerprint density at radius 2 is 1.71 bits per heavy atom. The van der Waals surface area contributed by atoms with Crippen molar-refractivity contribution in [3.63, 3.8) is 0 Å². The van der Waals surface area contributed by atoms with Crippen molar-refractivity contribution in [3.05, 3.63) is 48.6 Å². The van der Waals surface area contributed by atoms with Crippen LogP contribution in [0.15, 0.2) is 43.0 Å². The van der Waals surface area contributed by atoms with Crippen molar-refractivity contribution in [1.29, 1.82) is 0 Å². The van der Waals surface area contributed by atoms with Crippen molar-refractivity contribution in [1.82, 2.24) is 5.32 Å². The molecule has 0 aliphatic carbocycles. The minimum Gasteiger partial charge on any atom is -0.311 e. The SMILES string of the molecule is C=CCCCCCCC(CNC(C)(C)C)c1ccccc1. The van der Waals surface area contributed by atoms with E-state index in [0.717, 1.165) is 13.0 Å². The van der Waals surface area contributed by atoms with E-state index in [4.69, 9.17) is 0 Å². The maximum atomic E-state index is 3.79. The first kappa shape index (κ1) is 18.0. The van der Waals surface area contributed by atoms with Crippen LogP contribution in [0.2, 0.25) is 0 Å². The molecule has 1 atom stereocenters. The molecule has 0 radical (unpaired) electrons. The number of unbranched alkanes of at least 4 members (excludes halogenated alkanes) is 4. The van der Waals surface area contributed by atoms with Gasteiger partial charge in [0.25, 0.3) is 0 Å². The number of allylic oxidation sites excluding steroid dienone is 1. The van der Waals surface area contributed by atoms with E-state index < -0.39 is 0 Å². The van der Waals surface area contributed by atoms with Gasteiger partial charge in [0.2, 0.25) is 0 Å². The minimum absolute atomic E-state index is 0.191. The van der Waals surface area contributed by atoms with E-state index in [1.54, 1.807) is 0 Å². The van der Waals surface area contributed by atoms with Crippen LogP contribution in [0, 0.1) is 0 Å². The summed E-state index contributed by atoms with van der Waals surface area (Å²) in [5.74, 6) is 0.629. The Morgan fingerprint density at radius 3 is 2.33 bits per heavy atom. The Labute approximate surface area is 131 Å². The van der Waals surface area contributed by atoms with E-state index in [0.29, 0.717) is 5.92 Å². The molecule has 1 N–H and O–H groups in total. The molecule has 0 fully saturated rings. The lowest BCUT2D eigenvalue weighted by atomic mass is 9.92. The van der Waals surface area contributed by atoms with Gasteiger partial charge in [-0.25, -0.2) is 0 Å². The van der Waals surface area contributed by atoms with E-state index in [9.17, 15) is 0 Å². The summed E-state index contributed by atoms with van der Waals surface area (Å²) in [7, 11) is 0. The molecular formula is C20H33N. The van der Waals surface area contributed by atoms with Gasteiger partial charge >= 0.3 is 0 Å². The van der Waals surface area contributed by atoms with E-state index in [1.165, 1.54) is 37.7 Å². The van der Waals surface area contributed by atoms with Crippen molar-refractivity contribution in [2.24, 2.45) is 0 Å². The number of nitrogens with one attached hydrogen (secondary N) is 1. The molecule has 0 aliphatic rings. The molecule has 0 amide bonds. The van der Waals surface area contributed by atoms with Crippen LogP contribution in [0.1, 0.15) is 70.8 Å². The molecule has 21 heavy (non-hydrogen) atoms. The summed E-state index contributed by atoms with van der Waals surface area (Å²) >= 11 is 0. The lowest BCUT2D eigenvalue weighted by molar-refractivity contribution is 0.394. The topological polar surface area (TPSA) is 12.0 Å². The van der Waals surface area contributed by atoms with Crippen molar-refractivity contribution >= 4 is 0 Å². The van der Waals surface area contributed by atoms with Crippen LogP contribution in [0.4, 0.5) is 0 Å². The van der Waals surface area contributed by atoms with Crippen LogP contribution in [-0.2, 0) is 0 Å². The van der Waals surface area contributed by atoms with E-state index in [-0.39, 0.29) is 5.54 Å². The van der Waals surface area contributed by atoms with Gasteiger partial charge in [0.05, 0.1) is 0 Å². The summed E-state index contributed by atoms with van der Waals surface area (Å²) in [4.78, 5) is 0. The Kier molecular flexibility index (Phi) is 8.37. The fourth-order valence-electron chi connectivity index (χ4n) is 2.57. The molecule has 0 spiro atoms. The molecule has 1 aromatic rings. The van der Waals surface area contributed by atoms with Gasteiger partial charge in [-0.1, -0.05) is 55.7 Å². The lowest BCUT2D eigenvalue weighted by Gasteiger charge is -2.25. The van der Waals surface area contributed by atoms with Crippen LogP contribution in [0.3, 0.4) is 0 Å². The van der Waals surface area contributed by atoms with Crippen molar-refractivity contribution < 1.29 is 0 Å². The van der Waals surface area contributed by atoms with Crippen LogP contribution in [0.25, 0.3) is 0 Å². The maximum absolute atomic E-state index is 3.79. The first-order valence-electron chi connectivity index (χ1n) is 8.44. The maximum Gasteiger partial charge on any atom is 0.00967 e. The molecule has 0 saturated heterocycles. The number of benzene rings is 1. The highest BCUT2D eigenvalue weighted by molar-refractivity contribution is 5.19. The Morgan fingerprint density at radius 1 is 1.05 bits per heavy atom. The largest absolute Gasteiger partial charge is 0.311 e. The third-order valence-corrected chi connectivity index (χ3v) is 3.86. The van der Waals surface area contributed by atoms with Gasteiger partial charge in [-0.2, -0.15) is 0 Å². The molecule has 118 valence electrons. The quantitative estimate of drug-likeness (QED) is 0.431. The molecule has 0 bridgehead atoms. The fraction of sp³-hybridized carbons (Fsp3) is 0.600. The molecule has 1 heteroatoms. The summed E-state index contributed by atoms with van der Waals surface area (Å²) in [6.45, 7) is 11.6. The van der Waals surface area contributed by atoms with Gasteiger partial charge in [-0.3, -0.25) is 0 Å². The predicted octanol–water partition coefficient (Wildman–Crippen LogP) is 5.68. The lowest BCUT2D eigenvalue weighted by Crippen LogP contribution is -2.38. The van der Waals surface area contributed by atoms with Crippen LogP contribution < -0.4 is 5.32 Å². The van der Waals surface area contributed by atoms with Crippen molar-refractivity contribution in [2.75, 3.05) is 6.54 Å². The van der Waals surface area contributed by atoms with Gasteiger partial charge in [0.15, 0.2) is 0 Å². The van der Waals surface area contributed by atoms with E-state index >= 15 is 0 Å². The van der Waals surface area contributed by atoms with Gasteiger partial charge < -0.3 is 5.32 Å². The van der Waals surface area contributed by atoms with Gasteiger partial charge in [0, 0.05) is 12.1 Å². The second kappa shape index (κ2) is 9.78. The number of hydrogen-bond donors (Lipinski definition) is 1. The van der Waals surface area contributed by atoms with E-state index in [1.807, 2.05) is 6.08 Å². The van der Waals surface area contributed by atoms with Gasteiger partial charge in [-0.15, -0.1) is 6.58 Å². The third kappa shape index (κ3) is 8.72. The second-order valence-corrected chi connectivity index (χ2v) is 7.02. The first-order valence-corrected chi connectivity index (χ1v) is 8.44. The van der Waals surface area contributed by atoms with Gasteiger partial charge in [-0.05, 0) is 51.5 Å². The zero-order valence-corrected chi connectivity index (χ0v) is 14.2. The average molecular weight is 287 g/mol. The Balaban J connectivity index is 2.43. The molecule has 1 nitrogen and oxygen atoms in total. The molecular weight excluding hydrogens is 254 g/mol. The third-order valence-electron chi connectivity index (χ3n) is 3.86. The van der Waals surface area contributed by atoms with Crippen molar-refractivity contribution in [2.45, 2.75) is 70.8 Å². The molecule has 0 heterocycles. The second-order valence-electron chi connectivity index (χ2n) is 7.02. The van der Waals surface area contributed by atoms with Crippen molar-refractivity contribution in [3.8, 4) is 0 Å². The molecule has 0 aromatic heterocycles. The standard InChI is InChI=1S/C20H33N/c1-5-6-7-8-9-11-16-19(17-21-20(2,3)4)18-14-12-10-13-15-18/h5,10,12-15,19,21H,1,6-9,11,16-17H2,2-4H3. The summed E-state index contributed by atoms with van der Waals surface area (Å²) in [5.41, 5.74) is 1.66. The molecule has 1 rings (SSSR count). The highest BCUT2D eigenvalue weighted by Gasteiger charge is 2.15. The van der Waals surface area contributed by atoms with Crippen LogP contribution >= 0.6 is 0 Å². The summed E-state index contributed by atoms with van der Waals surface area (Å²) in [5, 5.41) is 3.67. The normalized spacial score (nSPS) is 13.1. The summed E-state index contributed by atoms with van der Waals surface area (Å²) < 4.78 is 0. The first-order chi connectivity index (χ1) is 10.0. The molecule has 1 unspecified atom stereocenters. The van der Waals surface area contributed by atoms with E-state index in [2.05, 4.69) is 63.0 Å². The Hall–Kier alpha value is -1.08. The zero-order valence-electron chi connectivity index (χ0n) is 14.2. The van der Waals surface area contributed by atoms with Gasteiger partial charge in [0.1, 0.15) is 0 Å². The highest BCUT2D eigenvalue weighted by atomic mass is 14.9. The monoisotopic (exact) mass is 287 g/mol. The summed E-state index contributed by atoms with van der Waals surface area (Å²) in [6.07, 6.45) is 9.75. The average Bonchev–Trinajstić information content (AvgIpc) is 2.45. The zero-order chi connectivity index (χ0) is 15.6. The minimum atomic E-state index is 0.191. The molecule has 0 saturated carbocycles. The fourth-order valence-corrected chi connectivity index (χ4v) is 2.57.